The number of amides is 2. The number of unbranched alkanes of at least 4 members (excludes halogenated alkanes) is 1. The summed E-state index contributed by atoms with van der Waals surface area (Å²) in [7, 11) is 0. The standard InChI is InChI=1S/C26H28N6O4S2/c33-19(15-17-9-3-1-4-10-17)23(35)27-25-31-29-21(37-25)13-7-8-14-22-30-32-26(38-22)28-24(36)20(34)16-18-11-5-2-6-12-18/h1-6,9-12,19-20,33-34H,7-8,13-16H2,(H,27,31,35)(H,28,32,36)/t19-,20?/m0/s1. The van der Waals surface area contributed by atoms with Crippen molar-refractivity contribution in [2.75, 3.05) is 10.6 Å². The Morgan fingerprint density at radius 3 is 1.45 bits per heavy atom. The van der Waals surface area contributed by atoms with E-state index in [9.17, 15) is 19.8 Å². The predicted molar refractivity (Wildman–Crippen MR) is 146 cm³/mol. The van der Waals surface area contributed by atoms with Crippen molar-refractivity contribution in [1.29, 1.82) is 0 Å². The summed E-state index contributed by atoms with van der Waals surface area (Å²) in [6.45, 7) is 0. The second-order valence-electron chi connectivity index (χ2n) is 8.60. The second-order valence-corrected chi connectivity index (χ2v) is 10.7. The van der Waals surface area contributed by atoms with Gasteiger partial charge in [-0.05, 0) is 24.0 Å². The fourth-order valence-electron chi connectivity index (χ4n) is 3.60. The minimum absolute atomic E-state index is 0.226. The Bertz CT molecular complexity index is 1210. The van der Waals surface area contributed by atoms with Crippen LogP contribution in [0.3, 0.4) is 0 Å². The monoisotopic (exact) mass is 552 g/mol. The molecule has 0 bridgehead atoms. The van der Waals surface area contributed by atoms with Crippen LogP contribution in [0.25, 0.3) is 0 Å². The van der Waals surface area contributed by atoms with E-state index in [-0.39, 0.29) is 12.8 Å². The summed E-state index contributed by atoms with van der Waals surface area (Å²) < 4.78 is 0. The van der Waals surface area contributed by atoms with Crippen molar-refractivity contribution in [2.24, 2.45) is 0 Å². The van der Waals surface area contributed by atoms with E-state index in [1.54, 1.807) is 0 Å². The van der Waals surface area contributed by atoms with Crippen LogP contribution in [-0.2, 0) is 35.3 Å². The van der Waals surface area contributed by atoms with Gasteiger partial charge in [-0.1, -0.05) is 83.3 Å². The first-order valence-electron chi connectivity index (χ1n) is 12.2. The molecule has 0 fully saturated rings. The molecule has 10 nitrogen and oxygen atoms in total. The minimum Gasteiger partial charge on any atom is -0.383 e. The highest BCUT2D eigenvalue weighted by Crippen LogP contribution is 2.21. The van der Waals surface area contributed by atoms with E-state index in [1.165, 1.54) is 22.7 Å². The molecule has 0 saturated heterocycles. The third-order valence-electron chi connectivity index (χ3n) is 5.57. The summed E-state index contributed by atoms with van der Waals surface area (Å²) in [6, 6.07) is 18.6. The number of aliphatic hydroxyl groups excluding tert-OH is 2. The summed E-state index contributed by atoms with van der Waals surface area (Å²) in [5.74, 6) is -1.02. The van der Waals surface area contributed by atoms with E-state index in [1.807, 2.05) is 60.7 Å². The SMILES string of the molecule is O=C(Nc1nnc(CCCCc2nnc(NC(=O)[C@@H](O)Cc3ccccc3)s2)s1)C(O)Cc1ccccc1. The molecule has 4 N–H and O–H groups in total. The Morgan fingerprint density at radius 2 is 1.05 bits per heavy atom. The molecule has 0 spiro atoms. The van der Waals surface area contributed by atoms with Crippen molar-refractivity contribution in [3.63, 3.8) is 0 Å². The topological polar surface area (TPSA) is 150 Å². The number of hydrogen-bond donors (Lipinski definition) is 4. The van der Waals surface area contributed by atoms with Gasteiger partial charge in [-0.2, -0.15) is 0 Å². The Labute approximate surface area is 227 Å². The number of carbonyl (C=O) groups is 2. The lowest BCUT2D eigenvalue weighted by atomic mass is 10.1. The number of carbonyl (C=O) groups excluding carboxylic acids is 2. The zero-order valence-corrected chi connectivity index (χ0v) is 22.1. The van der Waals surface area contributed by atoms with Crippen molar-refractivity contribution < 1.29 is 19.8 Å². The molecule has 12 heteroatoms. The van der Waals surface area contributed by atoms with Gasteiger partial charge < -0.3 is 10.2 Å². The number of hydrogen-bond acceptors (Lipinski definition) is 10. The quantitative estimate of drug-likeness (QED) is 0.185. The molecule has 0 aliphatic heterocycles. The normalized spacial score (nSPS) is 12.6. The van der Waals surface area contributed by atoms with E-state index < -0.39 is 24.0 Å². The molecule has 2 atom stereocenters. The van der Waals surface area contributed by atoms with Crippen molar-refractivity contribution in [3.05, 3.63) is 81.8 Å². The average Bonchev–Trinajstić information content (AvgIpc) is 3.57. The van der Waals surface area contributed by atoms with Crippen molar-refractivity contribution in [1.82, 2.24) is 20.4 Å². The van der Waals surface area contributed by atoms with E-state index in [0.717, 1.165) is 34.0 Å². The van der Waals surface area contributed by atoms with E-state index in [0.29, 0.717) is 23.1 Å². The van der Waals surface area contributed by atoms with Gasteiger partial charge in [-0.25, -0.2) is 0 Å². The van der Waals surface area contributed by atoms with Gasteiger partial charge >= 0.3 is 0 Å². The van der Waals surface area contributed by atoms with Crippen LogP contribution in [0.15, 0.2) is 60.7 Å². The summed E-state index contributed by atoms with van der Waals surface area (Å²) in [4.78, 5) is 24.5. The fraction of sp³-hybridized carbons (Fsp3) is 0.308. The van der Waals surface area contributed by atoms with Crippen molar-refractivity contribution in [2.45, 2.75) is 50.7 Å². The summed E-state index contributed by atoms with van der Waals surface area (Å²) >= 11 is 2.57. The van der Waals surface area contributed by atoms with Crippen LogP contribution >= 0.6 is 22.7 Å². The first-order chi connectivity index (χ1) is 18.5. The first-order valence-corrected chi connectivity index (χ1v) is 13.8. The van der Waals surface area contributed by atoms with Gasteiger partial charge in [0.1, 0.15) is 22.2 Å². The van der Waals surface area contributed by atoms with Crippen LogP contribution in [0.1, 0.15) is 34.0 Å². The molecule has 0 saturated carbocycles. The van der Waals surface area contributed by atoms with Crippen LogP contribution in [-0.4, -0.2) is 54.6 Å². The Morgan fingerprint density at radius 1 is 0.658 bits per heavy atom. The molecule has 2 amide bonds. The maximum Gasteiger partial charge on any atom is 0.255 e. The molecule has 0 aliphatic rings. The summed E-state index contributed by atoms with van der Waals surface area (Å²) in [5.41, 5.74) is 1.75. The Balaban J connectivity index is 1.15. The van der Waals surface area contributed by atoms with Gasteiger partial charge in [-0.15, -0.1) is 20.4 Å². The fourth-order valence-corrected chi connectivity index (χ4v) is 5.17. The van der Waals surface area contributed by atoms with Crippen LogP contribution in [0, 0.1) is 0 Å². The number of nitrogens with one attached hydrogen (secondary N) is 2. The van der Waals surface area contributed by atoms with Gasteiger partial charge in [0.2, 0.25) is 10.3 Å². The number of anilines is 2. The summed E-state index contributed by atoms with van der Waals surface area (Å²) in [5, 5.41) is 44.1. The minimum atomic E-state index is -1.17. The molecule has 1 unspecified atom stereocenters. The lowest BCUT2D eigenvalue weighted by Gasteiger charge is -2.09. The summed E-state index contributed by atoms with van der Waals surface area (Å²) in [6.07, 6.45) is 1.15. The molecule has 4 rings (SSSR count). The van der Waals surface area contributed by atoms with Crippen LogP contribution in [0.4, 0.5) is 10.3 Å². The van der Waals surface area contributed by atoms with Gasteiger partial charge in [0, 0.05) is 25.7 Å². The Kier molecular flexibility index (Phi) is 9.98. The van der Waals surface area contributed by atoms with Crippen LogP contribution in [0.5, 0.6) is 0 Å². The molecular formula is C26H28N6O4S2. The highest BCUT2D eigenvalue weighted by molar-refractivity contribution is 7.15. The van der Waals surface area contributed by atoms with Gasteiger partial charge in [0.15, 0.2) is 0 Å². The number of rotatable bonds is 13. The maximum atomic E-state index is 12.3. The number of aryl methyl sites for hydroxylation is 2. The lowest BCUT2D eigenvalue weighted by Crippen LogP contribution is -2.29. The smallest absolute Gasteiger partial charge is 0.255 e. The van der Waals surface area contributed by atoms with Gasteiger partial charge in [-0.3, -0.25) is 20.2 Å². The number of nitrogens with zero attached hydrogens (tertiary/aromatic N) is 4. The Hall–Kier alpha value is -3.58. The number of aromatic nitrogens is 4. The molecule has 0 aliphatic carbocycles. The maximum absolute atomic E-state index is 12.3. The zero-order valence-electron chi connectivity index (χ0n) is 20.5. The molecule has 2 aromatic carbocycles. The zero-order chi connectivity index (χ0) is 26.7. The molecule has 0 radical (unpaired) electrons. The molecule has 198 valence electrons. The lowest BCUT2D eigenvalue weighted by molar-refractivity contribution is -0.124. The second kappa shape index (κ2) is 13.8. The highest BCUT2D eigenvalue weighted by atomic mass is 32.1. The molecular weight excluding hydrogens is 524 g/mol. The van der Waals surface area contributed by atoms with Crippen molar-refractivity contribution in [3.8, 4) is 0 Å². The first kappa shape index (κ1) is 27.5. The van der Waals surface area contributed by atoms with Gasteiger partial charge in [0.05, 0.1) is 0 Å². The number of benzene rings is 2. The number of aliphatic hydroxyl groups is 2. The molecule has 2 heterocycles. The largest absolute Gasteiger partial charge is 0.383 e. The highest BCUT2D eigenvalue weighted by Gasteiger charge is 2.19. The third kappa shape index (κ3) is 8.48. The average molecular weight is 553 g/mol. The van der Waals surface area contributed by atoms with Crippen molar-refractivity contribution >= 4 is 44.8 Å². The van der Waals surface area contributed by atoms with Crippen LogP contribution < -0.4 is 10.6 Å². The molecule has 4 aromatic rings. The predicted octanol–water partition coefficient (Wildman–Crippen LogP) is 3.04. The third-order valence-corrected chi connectivity index (χ3v) is 7.37. The van der Waals surface area contributed by atoms with E-state index in [2.05, 4.69) is 31.0 Å². The van der Waals surface area contributed by atoms with Crippen LogP contribution in [0.2, 0.25) is 0 Å². The van der Waals surface area contributed by atoms with Gasteiger partial charge in [0.25, 0.3) is 11.8 Å². The van der Waals surface area contributed by atoms with E-state index in [4.69, 9.17) is 0 Å². The van der Waals surface area contributed by atoms with E-state index >= 15 is 0 Å². The molecule has 38 heavy (non-hydrogen) atoms. The molecule has 2 aromatic heterocycles.